The molecular weight excluding hydrogens is 384 g/mol. The highest BCUT2D eigenvalue weighted by molar-refractivity contribution is 7.71. The fraction of sp³-hybridized carbons (Fsp3) is 0.267. The maximum absolute atomic E-state index is 12.9. The molecule has 0 spiro atoms. The Morgan fingerprint density at radius 2 is 1.65 bits per heavy atom. The molecular formula is C15H11F6N3OS. The Balaban J connectivity index is 2.34. The van der Waals surface area contributed by atoms with E-state index in [-0.39, 0.29) is 22.0 Å². The molecule has 0 radical (unpaired) electrons. The highest BCUT2D eigenvalue weighted by atomic mass is 32.1. The zero-order chi connectivity index (χ0) is 19.7. The topological polar surface area (TPSA) is 49.0 Å². The second kappa shape index (κ2) is 7.06. The molecule has 0 saturated carbocycles. The van der Waals surface area contributed by atoms with Crippen molar-refractivity contribution in [3.8, 4) is 0 Å². The minimum absolute atomic E-state index is 0.0342. The second-order valence-corrected chi connectivity index (χ2v) is 5.77. The van der Waals surface area contributed by atoms with Gasteiger partial charge >= 0.3 is 12.4 Å². The van der Waals surface area contributed by atoms with Gasteiger partial charge in [-0.2, -0.15) is 26.3 Å². The molecule has 140 valence electrons. The van der Waals surface area contributed by atoms with E-state index < -0.39 is 35.9 Å². The monoisotopic (exact) mass is 395 g/mol. The number of rotatable bonds is 3. The second-order valence-electron chi connectivity index (χ2n) is 5.38. The van der Waals surface area contributed by atoms with Gasteiger partial charge in [-0.05, 0) is 36.0 Å². The first kappa shape index (κ1) is 19.9. The highest BCUT2D eigenvalue weighted by Gasteiger charge is 2.37. The SMILES string of the molecule is CN(Cc1cc(C(F)(F)F)cc(C(F)(F)F)c1)C(=O)c1cnc(=S)[nH]c1. The molecule has 0 unspecified atom stereocenters. The molecule has 1 amide bonds. The molecule has 2 aromatic rings. The normalized spacial score (nSPS) is 12.1. The quantitative estimate of drug-likeness (QED) is 0.617. The van der Waals surface area contributed by atoms with Crippen LogP contribution in [0.4, 0.5) is 26.3 Å². The Morgan fingerprint density at radius 1 is 1.12 bits per heavy atom. The van der Waals surface area contributed by atoms with Gasteiger partial charge in [-0.25, -0.2) is 4.98 Å². The number of amides is 1. The molecule has 1 aromatic carbocycles. The summed E-state index contributed by atoms with van der Waals surface area (Å²) in [6.45, 7) is -0.457. The number of halogens is 6. The van der Waals surface area contributed by atoms with Crippen LogP contribution in [0.25, 0.3) is 0 Å². The number of nitrogens with zero attached hydrogens (tertiary/aromatic N) is 2. The van der Waals surface area contributed by atoms with Crippen molar-refractivity contribution in [1.82, 2.24) is 14.9 Å². The fourth-order valence-corrected chi connectivity index (χ4v) is 2.25. The van der Waals surface area contributed by atoms with E-state index in [4.69, 9.17) is 12.2 Å². The maximum Gasteiger partial charge on any atom is 0.416 e. The molecule has 2 rings (SSSR count). The third kappa shape index (κ3) is 4.81. The smallest absolute Gasteiger partial charge is 0.337 e. The lowest BCUT2D eigenvalue weighted by Gasteiger charge is -2.19. The third-order valence-corrected chi connectivity index (χ3v) is 3.56. The predicted molar refractivity (Wildman–Crippen MR) is 81.7 cm³/mol. The van der Waals surface area contributed by atoms with E-state index in [1.54, 1.807) is 0 Å². The number of alkyl halides is 6. The number of aromatic nitrogens is 2. The van der Waals surface area contributed by atoms with Crippen molar-refractivity contribution in [3.63, 3.8) is 0 Å². The first-order valence-electron chi connectivity index (χ1n) is 6.96. The summed E-state index contributed by atoms with van der Waals surface area (Å²) in [4.78, 5) is 19.4. The van der Waals surface area contributed by atoms with Crippen molar-refractivity contribution in [3.05, 3.63) is 57.6 Å². The van der Waals surface area contributed by atoms with Crippen LogP contribution in [0.5, 0.6) is 0 Å². The van der Waals surface area contributed by atoms with Crippen molar-refractivity contribution in [2.75, 3.05) is 7.05 Å². The average molecular weight is 395 g/mol. The first-order chi connectivity index (χ1) is 11.9. The first-order valence-corrected chi connectivity index (χ1v) is 7.37. The Bertz CT molecular complexity index is 822. The minimum Gasteiger partial charge on any atom is -0.337 e. The highest BCUT2D eigenvalue weighted by Crippen LogP contribution is 2.36. The van der Waals surface area contributed by atoms with E-state index in [0.717, 1.165) is 11.1 Å². The van der Waals surface area contributed by atoms with Crippen molar-refractivity contribution in [1.29, 1.82) is 0 Å². The summed E-state index contributed by atoms with van der Waals surface area (Å²) < 4.78 is 77.3. The standard InChI is InChI=1S/C15H11F6N3OS/c1-24(12(25)9-5-22-13(26)23-6-9)7-8-2-10(14(16,17)18)4-11(3-8)15(19,20)21/h2-6H,7H2,1H3,(H,22,23,26). The Kier molecular flexibility index (Phi) is 5.40. The Labute approximate surface area is 148 Å². The number of nitrogens with one attached hydrogen (secondary N) is 1. The maximum atomic E-state index is 12.9. The van der Waals surface area contributed by atoms with Gasteiger partial charge in [-0.1, -0.05) is 0 Å². The van der Waals surface area contributed by atoms with Gasteiger partial charge in [0.2, 0.25) is 0 Å². The molecule has 0 atom stereocenters. The Hall–Kier alpha value is -2.43. The molecule has 1 aromatic heterocycles. The molecule has 0 saturated heterocycles. The average Bonchev–Trinajstić information content (AvgIpc) is 2.53. The molecule has 0 aliphatic carbocycles. The van der Waals surface area contributed by atoms with E-state index in [1.807, 2.05) is 0 Å². The lowest BCUT2D eigenvalue weighted by atomic mass is 10.0. The molecule has 1 heterocycles. The zero-order valence-corrected chi connectivity index (χ0v) is 13.9. The van der Waals surface area contributed by atoms with Crippen molar-refractivity contribution in [2.24, 2.45) is 0 Å². The number of carbonyl (C=O) groups is 1. The third-order valence-electron chi connectivity index (χ3n) is 3.33. The van der Waals surface area contributed by atoms with Gasteiger partial charge in [-0.3, -0.25) is 4.79 Å². The van der Waals surface area contributed by atoms with Crippen LogP contribution in [0, 0.1) is 4.77 Å². The summed E-state index contributed by atoms with van der Waals surface area (Å²) in [6.07, 6.45) is -7.49. The van der Waals surface area contributed by atoms with Crippen LogP contribution in [0.15, 0.2) is 30.6 Å². The van der Waals surface area contributed by atoms with Crippen LogP contribution in [0.1, 0.15) is 27.0 Å². The van der Waals surface area contributed by atoms with Gasteiger partial charge in [0, 0.05) is 26.0 Å². The minimum atomic E-state index is -4.95. The van der Waals surface area contributed by atoms with Gasteiger partial charge in [0.05, 0.1) is 16.7 Å². The summed E-state index contributed by atoms with van der Waals surface area (Å²) in [5, 5.41) is 0. The number of carbonyl (C=O) groups excluding carboxylic acids is 1. The van der Waals surface area contributed by atoms with Gasteiger partial charge < -0.3 is 9.88 Å². The van der Waals surface area contributed by atoms with Crippen LogP contribution < -0.4 is 0 Å². The number of aromatic amines is 1. The van der Waals surface area contributed by atoms with E-state index in [0.29, 0.717) is 12.1 Å². The summed E-state index contributed by atoms with van der Waals surface area (Å²) >= 11 is 4.72. The van der Waals surface area contributed by atoms with Crippen LogP contribution in [-0.4, -0.2) is 27.8 Å². The van der Waals surface area contributed by atoms with Gasteiger partial charge in [0.1, 0.15) is 0 Å². The summed E-state index contributed by atoms with van der Waals surface area (Å²) in [5.74, 6) is -0.644. The van der Waals surface area contributed by atoms with Crippen molar-refractivity contribution < 1.29 is 31.1 Å². The molecule has 0 bridgehead atoms. The lowest BCUT2D eigenvalue weighted by molar-refractivity contribution is -0.143. The Morgan fingerprint density at radius 3 is 2.08 bits per heavy atom. The number of benzene rings is 1. The van der Waals surface area contributed by atoms with Crippen LogP contribution in [0.2, 0.25) is 0 Å². The van der Waals surface area contributed by atoms with E-state index in [2.05, 4.69) is 9.97 Å². The molecule has 1 N–H and O–H groups in total. The fourth-order valence-electron chi connectivity index (χ4n) is 2.14. The molecule has 26 heavy (non-hydrogen) atoms. The molecule has 0 aliphatic rings. The number of H-pyrrole nitrogens is 1. The van der Waals surface area contributed by atoms with Crippen LogP contribution in [-0.2, 0) is 18.9 Å². The zero-order valence-electron chi connectivity index (χ0n) is 13.1. The van der Waals surface area contributed by atoms with Crippen LogP contribution in [0.3, 0.4) is 0 Å². The largest absolute Gasteiger partial charge is 0.416 e. The van der Waals surface area contributed by atoms with Gasteiger partial charge in [0.15, 0.2) is 4.77 Å². The molecule has 4 nitrogen and oxygen atoms in total. The van der Waals surface area contributed by atoms with Crippen molar-refractivity contribution in [2.45, 2.75) is 18.9 Å². The van der Waals surface area contributed by atoms with E-state index in [9.17, 15) is 31.1 Å². The van der Waals surface area contributed by atoms with Crippen LogP contribution >= 0.6 is 12.2 Å². The molecule has 0 fully saturated rings. The lowest BCUT2D eigenvalue weighted by Crippen LogP contribution is -2.27. The van der Waals surface area contributed by atoms with E-state index >= 15 is 0 Å². The van der Waals surface area contributed by atoms with Gasteiger partial charge in [-0.15, -0.1) is 0 Å². The number of hydrogen-bond donors (Lipinski definition) is 1. The summed E-state index contributed by atoms with van der Waals surface area (Å²) in [6, 6.07) is 1.19. The molecule has 11 heteroatoms. The van der Waals surface area contributed by atoms with Gasteiger partial charge in [0.25, 0.3) is 5.91 Å². The number of hydrogen-bond acceptors (Lipinski definition) is 3. The molecule has 0 aliphatic heterocycles. The predicted octanol–water partition coefficient (Wildman–Crippen LogP) is 4.45. The summed E-state index contributed by atoms with van der Waals surface area (Å²) in [7, 11) is 1.25. The summed E-state index contributed by atoms with van der Waals surface area (Å²) in [5.41, 5.74) is -3.12. The van der Waals surface area contributed by atoms with E-state index in [1.165, 1.54) is 13.2 Å². The van der Waals surface area contributed by atoms with Crippen molar-refractivity contribution >= 4 is 18.1 Å².